The first-order valence-electron chi connectivity index (χ1n) is 5.43. The SMILES string of the molecule is COc1cccnc1-c1ccc(C(C)=O)c(Cl)c1. The fraction of sp³-hybridized carbons (Fsp3) is 0.143. The summed E-state index contributed by atoms with van der Waals surface area (Å²) in [5.41, 5.74) is 2.04. The molecule has 0 aliphatic rings. The van der Waals surface area contributed by atoms with Gasteiger partial charge in [-0.05, 0) is 31.2 Å². The molecule has 18 heavy (non-hydrogen) atoms. The summed E-state index contributed by atoms with van der Waals surface area (Å²) in [4.78, 5) is 15.6. The molecule has 0 aliphatic carbocycles. The van der Waals surface area contributed by atoms with E-state index in [1.165, 1.54) is 6.92 Å². The molecular formula is C14H12ClNO2. The summed E-state index contributed by atoms with van der Waals surface area (Å²) in [6, 6.07) is 8.87. The van der Waals surface area contributed by atoms with Crippen LogP contribution in [0.3, 0.4) is 0 Å². The van der Waals surface area contributed by atoms with Crippen LogP contribution in [0.4, 0.5) is 0 Å². The summed E-state index contributed by atoms with van der Waals surface area (Å²) in [5, 5.41) is 0.424. The van der Waals surface area contributed by atoms with Crippen molar-refractivity contribution in [1.29, 1.82) is 0 Å². The number of benzene rings is 1. The first-order valence-corrected chi connectivity index (χ1v) is 5.81. The highest BCUT2D eigenvalue weighted by atomic mass is 35.5. The Bertz CT molecular complexity index is 596. The summed E-state index contributed by atoms with van der Waals surface area (Å²) in [7, 11) is 1.59. The highest BCUT2D eigenvalue weighted by Gasteiger charge is 2.11. The minimum Gasteiger partial charge on any atom is -0.494 e. The maximum Gasteiger partial charge on any atom is 0.161 e. The zero-order valence-electron chi connectivity index (χ0n) is 10.1. The number of rotatable bonds is 3. The van der Waals surface area contributed by atoms with Crippen molar-refractivity contribution in [2.75, 3.05) is 7.11 Å². The van der Waals surface area contributed by atoms with E-state index in [0.29, 0.717) is 22.0 Å². The van der Waals surface area contributed by atoms with E-state index in [2.05, 4.69) is 4.98 Å². The maximum absolute atomic E-state index is 11.3. The molecule has 2 rings (SSSR count). The number of methoxy groups -OCH3 is 1. The van der Waals surface area contributed by atoms with E-state index in [-0.39, 0.29) is 5.78 Å². The largest absolute Gasteiger partial charge is 0.494 e. The number of ketones is 1. The number of carbonyl (C=O) groups excluding carboxylic acids is 1. The third-order valence-corrected chi connectivity index (χ3v) is 2.93. The van der Waals surface area contributed by atoms with Gasteiger partial charge in [0.1, 0.15) is 11.4 Å². The van der Waals surface area contributed by atoms with Crippen molar-refractivity contribution in [3.63, 3.8) is 0 Å². The Labute approximate surface area is 110 Å². The molecule has 0 unspecified atom stereocenters. The van der Waals surface area contributed by atoms with Gasteiger partial charge >= 0.3 is 0 Å². The molecule has 4 heteroatoms. The van der Waals surface area contributed by atoms with Crippen molar-refractivity contribution in [3.8, 4) is 17.0 Å². The number of ether oxygens (including phenoxy) is 1. The van der Waals surface area contributed by atoms with Crippen LogP contribution >= 0.6 is 11.6 Å². The Morgan fingerprint density at radius 3 is 2.72 bits per heavy atom. The van der Waals surface area contributed by atoms with Gasteiger partial charge in [0.15, 0.2) is 5.78 Å². The molecular weight excluding hydrogens is 250 g/mol. The van der Waals surface area contributed by atoms with Crippen molar-refractivity contribution in [1.82, 2.24) is 4.98 Å². The van der Waals surface area contributed by atoms with Crippen LogP contribution in [0, 0.1) is 0 Å². The normalized spacial score (nSPS) is 10.2. The van der Waals surface area contributed by atoms with Crippen LogP contribution < -0.4 is 4.74 Å². The molecule has 0 radical (unpaired) electrons. The smallest absolute Gasteiger partial charge is 0.161 e. The first kappa shape index (κ1) is 12.6. The predicted octanol–water partition coefficient (Wildman–Crippen LogP) is 3.61. The second kappa shape index (κ2) is 5.19. The Morgan fingerprint density at radius 1 is 1.33 bits per heavy atom. The van der Waals surface area contributed by atoms with Crippen molar-refractivity contribution in [2.24, 2.45) is 0 Å². The molecule has 2 aromatic rings. The molecule has 0 amide bonds. The lowest BCUT2D eigenvalue weighted by atomic mass is 10.1. The maximum atomic E-state index is 11.3. The fourth-order valence-electron chi connectivity index (χ4n) is 1.72. The van der Waals surface area contributed by atoms with Crippen LogP contribution in [-0.4, -0.2) is 17.9 Å². The van der Waals surface area contributed by atoms with Gasteiger partial charge in [-0.1, -0.05) is 17.7 Å². The Balaban J connectivity index is 2.52. The molecule has 0 atom stereocenters. The summed E-state index contributed by atoms with van der Waals surface area (Å²) in [6.07, 6.45) is 1.69. The van der Waals surface area contributed by atoms with Gasteiger partial charge in [-0.15, -0.1) is 0 Å². The van der Waals surface area contributed by atoms with Crippen molar-refractivity contribution in [2.45, 2.75) is 6.92 Å². The average Bonchev–Trinajstić information content (AvgIpc) is 2.38. The molecule has 0 bridgehead atoms. The standard InChI is InChI=1S/C14H12ClNO2/c1-9(17)11-6-5-10(8-12(11)15)14-13(18-2)4-3-7-16-14/h3-8H,1-2H3. The fourth-order valence-corrected chi connectivity index (χ4v) is 2.03. The lowest BCUT2D eigenvalue weighted by Gasteiger charge is -2.08. The predicted molar refractivity (Wildman–Crippen MR) is 71.2 cm³/mol. The number of carbonyl (C=O) groups is 1. The second-order valence-corrected chi connectivity index (χ2v) is 4.21. The number of Topliss-reactive ketones (excluding diaryl/α,β-unsaturated/α-hetero) is 1. The van der Waals surface area contributed by atoms with Crippen molar-refractivity contribution in [3.05, 3.63) is 47.1 Å². The number of hydrogen-bond donors (Lipinski definition) is 0. The zero-order valence-corrected chi connectivity index (χ0v) is 10.9. The van der Waals surface area contributed by atoms with Gasteiger partial charge in [-0.3, -0.25) is 9.78 Å². The number of pyridine rings is 1. The van der Waals surface area contributed by atoms with Gasteiger partial charge < -0.3 is 4.74 Å². The van der Waals surface area contributed by atoms with E-state index >= 15 is 0 Å². The molecule has 1 heterocycles. The van der Waals surface area contributed by atoms with E-state index in [1.807, 2.05) is 12.1 Å². The topological polar surface area (TPSA) is 39.2 Å². The molecule has 0 fully saturated rings. The molecule has 92 valence electrons. The van der Waals surface area contributed by atoms with E-state index in [0.717, 1.165) is 5.56 Å². The quantitative estimate of drug-likeness (QED) is 0.793. The zero-order chi connectivity index (χ0) is 13.1. The van der Waals surface area contributed by atoms with Crippen molar-refractivity contribution >= 4 is 17.4 Å². The summed E-state index contributed by atoms with van der Waals surface area (Å²) >= 11 is 6.08. The highest BCUT2D eigenvalue weighted by Crippen LogP contribution is 2.30. The summed E-state index contributed by atoms with van der Waals surface area (Å²) in [6.45, 7) is 1.49. The molecule has 0 saturated carbocycles. The molecule has 0 spiro atoms. The number of aromatic nitrogens is 1. The van der Waals surface area contributed by atoms with Crippen LogP contribution in [0.5, 0.6) is 5.75 Å². The lowest BCUT2D eigenvalue weighted by Crippen LogP contribution is -1.95. The summed E-state index contributed by atoms with van der Waals surface area (Å²) in [5.74, 6) is 0.615. The Kier molecular flexibility index (Phi) is 3.63. The third-order valence-electron chi connectivity index (χ3n) is 2.61. The third kappa shape index (κ3) is 2.36. The number of hydrogen-bond acceptors (Lipinski definition) is 3. The van der Waals surface area contributed by atoms with Gasteiger partial charge in [0, 0.05) is 17.3 Å². The molecule has 1 aromatic heterocycles. The van der Waals surface area contributed by atoms with E-state index < -0.39 is 0 Å². The minimum absolute atomic E-state index is 0.0560. The van der Waals surface area contributed by atoms with E-state index in [9.17, 15) is 4.79 Å². The monoisotopic (exact) mass is 261 g/mol. The van der Waals surface area contributed by atoms with Crippen LogP contribution in [0.25, 0.3) is 11.3 Å². The number of halogens is 1. The van der Waals surface area contributed by atoms with E-state index in [1.54, 1.807) is 31.5 Å². The molecule has 0 saturated heterocycles. The van der Waals surface area contributed by atoms with Gasteiger partial charge in [0.05, 0.1) is 12.1 Å². The van der Waals surface area contributed by atoms with Crippen LogP contribution in [0.1, 0.15) is 17.3 Å². The first-order chi connectivity index (χ1) is 8.63. The average molecular weight is 262 g/mol. The lowest BCUT2D eigenvalue weighted by molar-refractivity contribution is 0.101. The molecule has 0 aliphatic heterocycles. The van der Waals surface area contributed by atoms with Crippen LogP contribution in [0.15, 0.2) is 36.5 Å². The molecule has 3 nitrogen and oxygen atoms in total. The van der Waals surface area contributed by atoms with Gasteiger partial charge in [-0.2, -0.15) is 0 Å². The van der Waals surface area contributed by atoms with Crippen LogP contribution in [0.2, 0.25) is 5.02 Å². The van der Waals surface area contributed by atoms with Gasteiger partial charge in [-0.25, -0.2) is 0 Å². The number of nitrogens with zero attached hydrogens (tertiary/aromatic N) is 1. The highest BCUT2D eigenvalue weighted by molar-refractivity contribution is 6.34. The molecule has 1 aromatic carbocycles. The van der Waals surface area contributed by atoms with Crippen LogP contribution in [-0.2, 0) is 0 Å². The van der Waals surface area contributed by atoms with Crippen molar-refractivity contribution < 1.29 is 9.53 Å². The minimum atomic E-state index is -0.0560. The van der Waals surface area contributed by atoms with Gasteiger partial charge in [0.2, 0.25) is 0 Å². The summed E-state index contributed by atoms with van der Waals surface area (Å²) < 4.78 is 5.24. The Morgan fingerprint density at radius 2 is 2.11 bits per heavy atom. The molecule has 0 N–H and O–H groups in total. The Hall–Kier alpha value is -1.87. The second-order valence-electron chi connectivity index (χ2n) is 3.81. The van der Waals surface area contributed by atoms with Gasteiger partial charge in [0.25, 0.3) is 0 Å². The van der Waals surface area contributed by atoms with E-state index in [4.69, 9.17) is 16.3 Å².